The molecule has 1 saturated heterocycles. The molecule has 1 aromatic carbocycles. The highest BCUT2D eigenvalue weighted by molar-refractivity contribution is 5.76. The smallest absolute Gasteiger partial charge is 0.242 e. The maximum atomic E-state index is 12.7. The lowest BCUT2D eigenvalue weighted by Gasteiger charge is -2.32. The number of aromatic nitrogens is 1. The van der Waals surface area contributed by atoms with Crippen LogP contribution in [-0.4, -0.2) is 35.6 Å². The standard InChI is InChI=1S/C21H26N2O3/c1-16-12-19(24)20(26-2)14-23(16)15-21(25)22-10-8-18(9-11-22)13-17-6-4-3-5-7-17/h3-7,12,14,18H,8-11,13,15H2,1-2H3. The highest BCUT2D eigenvalue weighted by Crippen LogP contribution is 2.22. The topological polar surface area (TPSA) is 51.5 Å². The Hall–Kier alpha value is -2.56. The normalized spacial score (nSPS) is 15.1. The zero-order valence-corrected chi connectivity index (χ0v) is 15.5. The molecule has 1 aliphatic rings. The van der Waals surface area contributed by atoms with Gasteiger partial charge in [0.15, 0.2) is 5.75 Å². The van der Waals surface area contributed by atoms with Crippen LogP contribution in [0.4, 0.5) is 0 Å². The molecule has 0 saturated carbocycles. The fraction of sp³-hybridized carbons (Fsp3) is 0.429. The van der Waals surface area contributed by atoms with Crippen molar-refractivity contribution in [1.29, 1.82) is 0 Å². The summed E-state index contributed by atoms with van der Waals surface area (Å²) in [5.41, 5.74) is 1.98. The van der Waals surface area contributed by atoms with Gasteiger partial charge in [-0.3, -0.25) is 9.59 Å². The molecule has 0 bridgehead atoms. The molecule has 0 atom stereocenters. The lowest BCUT2D eigenvalue weighted by atomic mass is 9.90. The van der Waals surface area contributed by atoms with E-state index in [4.69, 9.17) is 4.74 Å². The maximum Gasteiger partial charge on any atom is 0.242 e. The number of pyridine rings is 1. The van der Waals surface area contributed by atoms with Crippen LogP contribution in [0, 0.1) is 12.8 Å². The van der Waals surface area contributed by atoms with E-state index in [0.717, 1.165) is 38.0 Å². The molecule has 0 aliphatic carbocycles. The van der Waals surface area contributed by atoms with Crippen molar-refractivity contribution in [3.8, 4) is 5.75 Å². The minimum Gasteiger partial charge on any atom is -0.491 e. The predicted octanol–water partition coefficient (Wildman–Crippen LogP) is 2.65. The van der Waals surface area contributed by atoms with E-state index >= 15 is 0 Å². The van der Waals surface area contributed by atoms with Crippen molar-refractivity contribution >= 4 is 5.91 Å². The molecule has 2 aromatic rings. The van der Waals surface area contributed by atoms with Gasteiger partial charge in [-0.05, 0) is 37.7 Å². The number of hydrogen-bond donors (Lipinski definition) is 0. The number of hydrogen-bond acceptors (Lipinski definition) is 3. The first kappa shape index (κ1) is 18.2. The first-order valence-corrected chi connectivity index (χ1v) is 9.13. The quantitative estimate of drug-likeness (QED) is 0.829. The average molecular weight is 354 g/mol. The molecule has 138 valence electrons. The summed E-state index contributed by atoms with van der Waals surface area (Å²) in [6, 6.07) is 12.1. The molecule has 1 aliphatic heterocycles. The fourth-order valence-corrected chi connectivity index (χ4v) is 3.55. The number of rotatable bonds is 5. The molecule has 2 heterocycles. The van der Waals surface area contributed by atoms with E-state index in [2.05, 4.69) is 24.3 Å². The summed E-state index contributed by atoms with van der Waals surface area (Å²) in [5.74, 6) is 0.998. The largest absolute Gasteiger partial charge is 0.491 e. The van der Waals surface area contributed by atoms with Gasteiger partial charge in [0.05, 0.1) is 13.3 Å². The van der Waals surface area contributed by atoms with Gasteiger partial charge in [0.25, 0.3) is 0 Å². The number of methoxy groups -OCH3 is 1. The van der Waals surface area contributed by atoms with Crippen LogP contribution in [0.1, 0.15) is 24.1 Å². The fourth-order valence-electron chi connectivity index (χ4n) is 3.55. The Kier molecular flexibility index (Phi) is 5.76. The van der Waals surface area contributed by atoms with E-state index in [9.17, 15) is 9.59 Å². The highest BCUT2D eigenvalue weighted by atomic mass is 16.5. The van der Waals surface area contributed by atoms with Gasteiger partial charge in [0.2, 0.25) is 11.3 Å². The van der Waals surface area contributed by atoms with E-state index in [0.29, 0.717) is 5.92 Å². The van der Waals surface area contributed by atoms with Crippen molar-refractivity contribution in [2.45, 2.75) is 32.7 Å². The molecule has 26 heavy (non-hydrogen) atoms. The van der Waals surface area contributed by atoms with E-state index in [1.807, 2.05) is 17.9 Å². The average Bonchev–Trinajstić information content (AvgIpc) is 2.65. The number of carbonyl (C=O) groups is 1. The summed E-state index contributed by atoms with van der Waals surface area (Å²) in [6.07, 6.45) is 4.77. The molecule has 3 rings (SSSR count). The summed E-state index contributed by atoms with van der Waals surface area (Å²) in [6.45, 7) is 3.67. The van der Waals surface area contributed by atoms with Crippen LogP contribution >= 0.6 is 0 Å². The summed E-state index contributed by atoms with van der Waals surface area (Å²) >= 11 is 0. The molecule has 0 spiro atoms. The third kappa shape index (κ3) is 4.34. The van der Waals surface area contributed by atoms with Gasteiger partial charge in [-0.15, -0.1) is 0 Å². The van der Waals surface area contributed by atoms with Crippen LogP contribution in [0.5, 0.6) is 5.75 Å². The number of benzene rings is 1. The van der Waals surface area contributed by atoms with Gasteiger partial charge in [-0.2, -0.15) is 0 Å². The Morgan fingerprint density at radius 1 is 1.19 bits per heavy atom. The van der Waals surface area contributed by atoms with Crippen molar-refractivity contribution in [1.82, 2.24) is 9.47 Å². The van der Waals surface area contributed by atoms with Crippen molar-refractivity contribution in [2.75, 3.05) is 20.2 Å². The van der Waals surface area contributed by atoms with Crippen LogP contribution in [-0.2, 0) is 17.8 Å². The van der Waals surface area contributed by atoms with E-state index in [1.165, 1.54) is 18.7 Å². The monoisotopic (exact) mass is 354 g/mol. The summed E-state index contributed by atoms with van der Waals surface area (Å²) in [4.78, 5) is 26.4. The van der Waals surface area contributed by atoms with Crippen molar-refractivity contribution in [3.63, 3.8) is 0 Å². The van der Waals surface area contributed by atoms with E-state index < -0.39 is 0 Å². The first-order chi connectivity index (χ1) is 12.6. The maximum absolute atomic E-state index is 12.7. The molecule has 0 radical (unpaired) electrons. The minimum atomic E-state index is -0.157. The molecule has 1 aromatic heterocycles. The van der Waals surface area contributed by atoms with Crippen LogP contribution in [0.3, 0.4) is 0 Å². The second kappa shape index (κ2) is 8.21. The number of nitrogens with zero attached hydrogens (tertiary/aromatic N) is 2. The van der Waals surface area contributed by atoms with Gasteiger partial charge in [0.1, 0.15) is 6.54 Å². The Morgan fingerprint density at radius 2 is 1.88 bits per heavy atom. The lowest BCUT2D eigenvalue weighted by molar-refractivity contribution is -0.133. The molecule has 0 N–H and O–H groups in total. The zero-order valence-electron chi connectivity index (χ0n) is 15.5. The van der Waals surface area contributed by atoms with Gasteiger partial charge in [-0.1, -0.05) is 30.3 Å². The lowest BCUT2D eigenvalue weighted by Crippen LogP contribution is -2.40. The Balaban J connectivity index is 1.56. The number of ether oxygens (including phenoxy) is 1. The summed E-state index contributed by atoms with van der Waals surface area (Å²) in [5, 5.41) is 0. The molecular formula is C21H26N2O3. The van der Waals surface area contributed by atoms with Crippen LogP contribution < -0.4 is 10.2 Å². The number of piperidine rings is 1. The Labute approximate surface area is 154 Å². The van der Waals surface area contributed by atoms with Crippen molar-refractivity contribution in [3.05, 3.63) is 64.1 Å². The second-order valence-electron chi connectivity index (χ2n) is 6.99. The Morgan fingerprint density at radius 3 is 2.54 bits per heavy atom. The number of aryl methyl sites for hydroxylation is 1. The summed E-state index contributed by atoms with van der Waals surface area (Å²) in [7, 11) is 1.47. The minimum absolute atomic E-state index is 0.0944. The SMILES string of the molecule is COc1cn(CC(=O)N2CCC(Cc3ccccc3)CC2)c(C)cc1=O. The number of carbonyl (C=O) groups excluding carboxylic acids is 1. The van der Waals surface area contributed by atoms with Gasteiger partial charge < -0.3 is 14.2 Å². The van der Waals surface area contributed by atoms with E-state index in [-0.39, 0.29) is 23.6 Å². The van der Waals surface area contributed by atoms with Crippen LogP contribution in [0.25, 0.3) is 0 Å². The Bertz CT molecular complexity index is 806. The van der Waals surface area contributed by atoms with Crippen molar-refractivity contribution < 1.29 is 9.53 Å². The predicted molar refractivity (Wildman–Crippen MR) is 101 cm³/mol. The molecule has 1 amide bonds. The van der Waals surface area contributed by atoms with Crippen LogP contribution in [0.2, 0.25) is 0 Å². The van der Waals surface area contributed by atoms with Gasteiger partial charge in [0, 0.05) is 24.8 Å². The van der Waals surface area contributed by atoms with Gasteiger partial charge >= 0.3 is 0 Å². The third-order valence-corrected chi connectivity index (χ3v) is 5.17. The van der Waals surface area contributed by atoms with Crippen molar-refractivity contribution in [2.24, 2.45) is 5.92 Å². The number of amides is 1. The summed E-state index contributed by atoms with van der Waals surface area (Å²) < 4.78 is 6.87. The molecule has 1 fully saturated rings. The second-order valence-corrected chi connectivity index (χ2v) is 6.99. The molecule has 5 nitrogen and oxygen atoms in total. The highest BCUT2D eigenvalue weighted by Gasteiger charge is 2.23. The molecule has 5 heteroatoms. The number of likely N-dealkylation sites (tertiary alicyclic amines) is 1. The third-order valence-electron chi connectivity index (χ3n) is 5.17. The first-order valence-electron chi connectivity index (χ1n) is 9.13. The van der Waals surface area contributed by atoms with E-state index in [1.54, 1.807) is 10.8 Å². The molecular weight excluding hydrogens is 328 g/mol. The molecule has 0 unspecified atom stereocenters. The van der Waals surface area contributed by atoms with Crippen LogP contribution in [0.15, 0.2) is 47.4 Å². The van der Waals surface area contributed by atoms with Gasteiger partial charge in [-0.25, -0.2) is 0 Å². The zero-order chi connectivity index (χ0) is 18.5.